The number of amides is 1. The third-order valence-corrected chi connectivity index (χ3v) is 5.08. The van der Waals surface area contributed by atoms with Gasteiger partial charge in [0.25, 0.3) is 5.56 Å². The van der Waals surface area contributed by atoms with Crippen LogP contribution in [-0.2, 0) is 11.3 Å². The molecule has 0 radical (unpaired) electrons. The van der Waals surface area contributed by atoms with E-state index in [9.17, 15) is 14.0 Å². The first-order valence-corrected chi connectivity index (χ1v) is 9.66. The number of anilines is 4. The molecular formula is C21H19ClFN5O2. The molecule has 3 aromatic rings. The predicted molar refractivity (Wildman–Crippen MR) is 116 cm³/mol. The van der Waals surface area contributed by atoms with Crippen LogP contribution >= 0.6 is 11.6 Å². The summed E-state index contributed by atoms with van der Waals surface area (Å²) in [4.78, 5) is 30.5. The van der Waals surface area contributed by atoms with Crippen molar-refractivity contribution in [1.82, 2.24) is 9.55 Å². The number of halogens is 2. The summed E-state index contributed by atoms with van der Waals surface area (Å²) in [6.07, 6.45) is 1.56. The van der Waals surface area contributed by atoms with Crippen molar-refractivity contribution in [3.8, 4) is 11.1 Å². The molecule has 2 N–H and O–H groups in total. The van der Waals surface area contributed by atoms with E-state index in [1.54, 1.807) is 29.0 Å². The smallest absolute Gasteiger partial charge is 0.260 e. The number of hydrogen-bond donors (Lipinski definition) is 2. The molecule has 0 bridgehead atoms. The van der Waals surface area contributed by atoms with E-state index < -0.39 is 5.82 Å². The van der Waals surface area contributed by atoms with Crippen molar-refractivity contribution < 1.29 is 9.18 Å². The van der Waals surface area contributed by atoms with Gasteiger partial charge in [0.05, 0.1) is 11.3 Å². The number of nitrogens with zero attached hydrogens (tertiary/aromatic N) is 3. The van der Waals surface area contributed by atoms with Gasteiger partial charge in [-0.1, -0.05) is 11.6 Å². The number of fused-ring (bicyclic) bond motifs is 1. The first kappa shape index (κ1) is 19.9. The van der Waals surface area contributed by atoms with Crippen molar-refractivity contribution in [2.24, 2.45) is 0 Å². The number of carbonyl (C=O) groups is 1. The zero-order valence-corrected chi connectivity index (χ0v) is 17.1. The standard InChI is InChI=1S/C21H19ClFN5O2/c1-12(29)25-19-10-14(5-6-24-19)26-18-11-16(15-9-13(22)3-4-17(15)23)21(30)28-8-7-27(2)20(18)28/h3-6,9-11H,7-8H2,1-2H3,(H2,24,25,26,29). The lowest BCUT2D eigenvalue weighted by Crippen LogP contribution is -2.22. The van der Waals surface area contributed by atoms with Crippen LogP contribution in [0.25, 0.3) is 11.1 Å². The highest BCUT2D eigenvalue weighted by atomic mass is 35.5. The first-order valence-electron chi connectivity index (χ1n) is 9.28. The zero-order valence-electron chi connectivity index (χ0n) is 16.4. The third-order valence-electron chi connectivity index (χ3n) is 4.84. The van der Waals surface area contributed by atoms with E-state index in [0.29, 0.717) is 41.1 Å². The van der Waals surface area contributed by atoms with Crippen LogP contribution in [0.4, 0.5) is 27.4 Å². The van der Waals surface area contributed by atoms with Gasteiger partial charge in [-0.25, -0.2) is 9.37 Å². The number of pyridine rings is 2. The molecule has 4 rings (SSSR count). The second-order valence-electron chi connectivity index (χ2n) is 7.03. The third kappa shape index (κ3) is 3.73. The van der Waals surface area contributed by atoms with E-state index in [4.69, 9.17) is 11.6 Å². The minimum absolute atomic E-state index is 0.147. The first-order chi connectivity index (χ1) is 14.3. The van der Waals surface area contributed by atoms with Crippen molar-refractivity contribution in [3.63, 3.8) is 0 Å². The largest absolute Gasteiger partial charge is 0.357 e. The van der Waals surface area contributed by atoms with E-state index in [1.807, 2.05) is 11.9 Å². The summed E-state index contributed by atoms with van der Waals surface area (Å²) in [5.74, 6) is 0.340. The molecule has 1 amide bonds. The Morgan fingerprint density at radius 2 is 1.97 bits per heavy atom. The molecule has 1 aromatic carbocycles. The SMILES string of the molecule is CC(=O)Nc1cc(Nc2cc(-c3cc(Cl)ccc3F)c(=O)n3c2N(C)CC3)ccn1. The Morgan fingerprint density at radius 1 is 1.17 bits per heavy atom. The maximum atomic E-state index is 14.5. The molecule has 0 unspecified atom stereocenters. The maximum absolute atomic E-state index is 14.5. The molecule has 154 valence electrons. The van der Waals surface area contributed by atoms with Crippen molar-refractivity contribution in [2.45, 2.75) is 13.5 Å². The number of carbonyl (C=O) groups excluding carboxylic acids is 1. The Morgan fingerprint density at radius 3 is 2.73 bits per heavy atom. The fraction of sp³-hybridized carbons (Fsp3) is 0.190. The highest BCUT2D eigenvalue weighted by Crippen LogP contribution is 2.35. The summed E-state index contributed by atoms with van der Waals surface area (Å²) in [5, 5.41) is 6.25. The van der Waals surface area contributed by atoms with Gasteiger partial charge in [-0.15, -0.1) is 0 Å². The van der Waals surface area contributed by atoms with Crippen molar-refractivity contribution >= 4 is 40.5 Å². The van der Waals surface area contributed by atoms with Crippen LogP contribution < -0.4 is 21.1 Å². The average molecular weight is 428 g/mol. The molecule has 30 heavy (non-hydrogen) atoms. The number of aromatic nitrogens is 2. The Bertz CT molecular complexity index is 1210. The van der Waals surface area contributed by atoms with Crippen molar-refractivity contribution in [3.05, 3.63) is 63.8 Å². The number of benzene rings is 1. The van der Waals surface area contributed by atoms with Crippen LogP contribution in [0.1, 0.15) is 6.92 Å². The van der Waals surface area contributed by atoms with Gasteiger partial charge in [-0.3, -0.25) is 14.2 Å². The lowest BCUT2D eigenvalue weighted by Gasteiger charge is -2.19. The second kappa shape index (κ2) is 7.79. The Hall–Kier alpha value is -3.39. The Labute approximate surface area is 177 Å². The number of nitrogens with one attached hydrogen (secondary N) is 2. The van der Waals surface area contributed by atoms with Gasteiger partial charge in [-0.2, -0.15) is 0 Å². The summed E-state index contributed by atoms with van der Waals surface area (Å²) < 4.78 is 16.1. The van der Waals surface area contributed by atoms with Crippen LogP contribution in [0.2, 0.25) is 5.02 Å². The van der Waals surface area contributed by atoms with E-state index in [0.717, 1.165) is 0 Å². The summed E-state index contributed by atoms with van der Waals surface area (Å²) >= 11 is 6.05. The molecule has 0 atom stereocenters. The monoisotopic (exact) mass is 427 g/mol. The minimum Gasteiger partial charge on any atom is -0.357 e. The highest BCUT2D eigenvalue weighted by Gasteiger charge is 2.25. The van der Waals surface area contributed by atoms with Crippen LogP contribution in [0.3, 0.4) is 0 Å². The number of hydrogen-bond acceptors (Lipinski definition) is 5. The normalized spacial score (nSPS) is 12.6. The van der Waals surface area contributed by atoms with Crippen LogP contribution in [0, 0.1) is 5.82 Å². The quantitative estimate of drug-likeness (QED) is 0.661. The molecule has 0 aliphatic carbocycles. The van der Waals surface area contributed by atoms with Gasteiger partial charge in [0.1, 0.15) is 17.5 Å². The number of likely N-dealkylation sites (N-methyl/N-ethyl adjacent to an activating group) is 1. The topological polar surface area (TPSA) is 79.3 Å². The van der Waals surface area contributed by atoms with Crippen molar-refractivity contribution in [2.75, 3.05) is 29.1 Å². The van der Waals surface area contributed by atoms with E-state index in [1.165, 1.54) is 25.1 Å². The second-order valence-corrected chi connectivity index (χ2v) is 7.47. The van der Waals surface area contributed by atoms with E-state index in [2.05, 4.69) is 15.6 Å². The van der Waals surface area contributed by atoms with Gasteiger partial charge >= 0.3 is 0 Å². The molecule has 0 fully saturated rings. The Kier molecular flexibility index (Phi) is 5.17. The molecule has 1 aliphatic rings. The lowest BCUT2D eigenvalue weighted by molar-refractivity contribution is -0.114. The summed E-state index contributed by atoms with van der Waals surface area (Å²) in [5.41, 5.74) is 1.37. The molecular weight excluding hydrogens is 409 g/mol. The van der Waals surface area contributed by atoms with Crippen LogP contribution in [-0.4, -0.2) is 29.1 Å². The Balaban J connectivity index is 1.84. The van der Waals surface area contributed by atoms with Crippen LogP contribution in [0.5, 0.6) is 0 Å². The van der Waals surface area contributed by atoms with Gasteiger partial charge < -0.3 is 15.5 Å². The molecule has 9 heteroatoms. The molecule has 1 aliphatic heterocycles. The summed E-state index contributed by atoms with van der Waals surface area (Å²) in [6, 6.07) is 9.18. The predicted octanol–water partition coefficient (Wildman–Crippen LogP) is 3.85. The minimum atomic E-state index is -0.522. The fourth-order valence-corrected chi connectivity index (χ4v) is 3.71. The highest BCUT2D eigenvalue weighted by molar-refractivity contribution is 6.30. The van der Waals surface area contributed by atoms with Gasteiger partial charge in [-0.05, 0) is 30.3 Å². The summed E-state index contributed by atoms with van der Waals surface area (Å²) in [6.45, 7) is 2.54. The van der Waals surface area contributed by atoms with Crippen molar-refractivity contribution in [1.29, 1.82) is 0 Å². The van der Waals surface area contributed by atoms with Gasteiger partial charge in [0.2, 0.25) is 5.91 Å². The summed E-state index contributed by atoms with van der Waals surface area (Å²) in [7, 11) is 1.89. The van der Waals surface area contributed by atoms with E-state index in [-0.39, 0.29) is 22.6 Å². The lowest BCUT2D eigenvalue weighted by atomic mass is 10.1. The fourth-order valence-electron chi connectivity index (χ4n) is 3.53. The van der Waals surface area contributed by atoms with E-state index >= 15 is 0 Å². The molecule has 7 nitrogen and oxygen atoms in total. The molecule has 0 spiro atoms. The van der Waals surface area contributed by atoms with Gasteiger partial charge in [0, 0.05) is 55.6 Å². The van der Waals surface area contributed by atoms with Gasteiger partial charge in [0.15, 0.2) is 0 Å². The number of rotatable bonds is 4. The molecule has 3 heterocycles. The zero-order chi connectivity index (χ0) is 21.4. The van der Waals surface area contributed by atoms with Crippen LogP contribution in [0.15, 0.2) is 47.4 Å². The molecule has 0 saturated carbocycles. The maximum Gasteiger partial charge on any atom is 0.260 e. The average Bonchev–Trinajstić information content (AvgIpc) is 3.08. The molecule has 2 aromatic heterocycles. The molecule has 0 saturated heterocycles.